The Kier molecular flexibility index (Phi) is 5.89. The second kappa shape index (κ2) is 9.16. The Hall–Kier alpha value is -4.29. The molecule has 1 saturated heterocycles. The summed E-state index contributed by atoms with van der Waals surface area (Å²) in [6.45, 7) is 1.31. The van der Waals surface area contributed by atoms with Gasteiger partial charge in [0, 0.05) is 43.8 Å². The van der Waals surface area contributed by atoms with E-state index in [1.165, 1.54) is 17.7 Å². The Balaban J connectivity index is 1.56. The largest absolute Gasteiger partial charge is 0.494 e. The lowest BCUT2D eigenvalue weighted by Gasteiger charge is -2.23. The lowest BCUT2D eigenvalue weighted by molar-refractivity contribution is 0.0254. The third kappa shape index (κ3) is 4.09. The number of carboxylic acid groups (broad SMARTS) is 1. The summed E-state index contributed by atoms with van der Waals surface area (Å²) in [6, 6.07) is 12.7. The fourth-order valence-electron chi connectivity index (χ4n) is 4.37. The fraction of sp³-hybridized carbons (Fsp3) is 0.269. The highest BCUT2D eigenvalue weighted by Gasteiger charge is 2.23. The molecule has 35 heavy (non-hydrogen) atoms. The summed E-state index contributed by atoms with van der Waals surface area (Å²) in [5, 5.41) is 19.3. The molecule has 9 heteroatoms. The van der Waals surface area contributed by atoms with Gasteiger partial charge in [-0.25, -0.2) is 4.79 Å². The molecule has 0 bridgehead atoms. The third-order valence-corrected chi connectivity index (χ3v) is 6.16. The number of fused-ring (bicyclic) bond motifs is 1. The van der Waals surface area contributed by atoms with E-state index in [0.717, 1.165) is 24.0 Å². The molecule has 1 aromatic carbocycles. The molecular formula is C26H23N3O6. The first kappa shape index (κ1) is 22.5. The van der Waals surface area contributed by atoms with E-state index < -0.39 is 5.97 Å². The Morgan fingerprint density at radius 3 is 2.71 bits per heavy atom. The number of hydrogen-bond donors (Lipinski definition) is 1. The van der Waals surface area contributed by atoms with Crippen LogP contribution >= 0.6 is 0 Å². The van der Waals surface area contributed by atoms with Crippen molar-refractivity contribution < 1.29 is 28.5 Å². The maximum absolute atomic E-state index is 11.6. The number of ether oxygens (including phenoxy) is 3. The van der Waals surface area contributed by atoms with Crippen LogP contribution in [-0.4, -0.2) is 47.1 Å². The zero-order chi connectivity index (χ0) is 24.5. The number of furan rings is 1. The summed E-state index contributed by atoms with van der Waals surface area (Å²) in [5.74, 6) is 0.279. The molecule has 0 aliphatic carbocycles. The first-order valence-electron chi connectivity index (χ1n) is 11.1. The molecule has 4 heterocycles. The van der Waals surface area contributed by atoms with Crippen LogP contribution in [0.4, 0.5) is 0 Å². The van der Waals surface area contributed by atoms with Crippen molar-refractivity contribution in [3.8, 4) is 40.1 Å². The molecule has 9 nitrogen and oxygen atoms in total. The van der Waals surface area contributed by atoms with Crippen LogP contribution in [0.15, 0.2) is 47.0 Å². The summed E-state index contributed by atoms with van der Waals surface area (Å²) >= 11 is 0. The lowest BCUT2D eigenvalue weighted by atomic mass is 10.0. The molecule has 0 saturated carbocycles. The van der Waals surface area contributed by atoms with Gasteiger partial charge in [-0.05, 0) is 23.8 Å². The highest BCUT2D eigenvalue weighted by atomic mass is 16.5. The molecule has 0 atom stereocenters. The van der Waals surface area contributed by atoms with Crippen LogP contribution in [0.3, 0.4) is 0 Å². The predicted molar refractivity (Wildman–Crippen MR) is 127 cm³/mol. The van der Waals surface area contributed by atoms with Crippen molar-refractivity contribution in [1.29, 1.82) is 5.26 Å². The fourth-order valence-corrected chi connectivity index (χ4v) is 4.37. The van der Waals surface area contributed by atoms with Crippen LogP contribution in [0.1, 0.15) is 28.9 Å². The number of pyridine rings is 1. The zero-order valence-electron chi connectivity index (χ0n) is 19.3. The number of rotatable bonds is 6. The van der Waals surface area contributed by atoms with Crippen molar-refractivity contribution >= 4 is 17.1 Å². The first-order valence-corrected chi connectivity index (χ1v) is 11.1. The van der Waals surface area contributed by atoms with Gasteiger partial charge in [-0.15, -0.1) is 0 Å². The van der Waals surface area contributed by atoms with Gasteiger partial charge in [0.1, 0.15) is 40.6 Å². The Morgan fingerprint density at radius 2 is 2.00 bits per heavy atom. The molecule has 1 aliphatic rings. The highest BCUT2D eigenvalue weighted by Crippen LogP contribution is 2.39. The van der Waals surface area contributed by atoms with E-state index in [-0.39, 0.29) is 11.8 Å². The van der Waals surface area contributed by atoms with Gasteiger partial charge in [-0.3, -0.25) is 4.98 Å². The molecule has 1 N–H and O–H groups in total. The topological polar surface area (TPSA) is 120 Å². The van der Waals surface area contributed by atoms with Gasteiger partial charge in [-0.2, -0.15) is 5.26 Å². The summed E-state index contributed by atoms with van der Waals surface area (Å²) in [4.78, 5) is 16.0. The standard InChI is InChI=1S/C26H23N3O6/c1-29-20(26(30)31)13-22(32-2)24(29)23-12-19-25(35-23)18(5-8-28-19)15-3-4-21(16(11-15)14-27)34-17-6-9-33-10-7-17/h3-5,8,11-13,17H,6-7,9-10H2,1-2H3,(H,30,31). The number of nitrogens with zero attached hydrogens (tertiary/aromatic N) is 3. The van der Waals surface area contributed by atoms with Crippen molar-refractivity contribution in [3.63, 3.8) is 0 Å². The molecule has 0 spiro atoms. The maximum Gasteiger partial charge on any atom is 0.352 e. The maximum atomic E-state index is 11.6. The van der Waals surface area contributed by atoms with Crippen LogP contribution in [-0.2, 0) is 11.8 Å². The minimum atomic E-state index is -1.07. The SMILES string of the molecule is COc1cc(C(=O)O)n(C)c1-c1cc2nccc(-c3ccc(OC4CCOCC4)c(C#N)c3)c2o1. The lowest BCUT2D eigenvalue weighted by Crippen LogP contribution is -2.26. The first-order chi connectivity index (χ1) is 17.0. The minimum Gasteiger partial charge on any atom is -0.494 e. The van der Waals surface area contributed by atoms with Gasteiger partial charge in [0.2, 0.25) is 0 Å². The molecule has 0 amide bonds. The average molecular weight is 473 g/mol. The van der Waals surface area contributed by atoms with Gasteiger partial charge in [-0.1, -0.05) is 6.07 Å². The number of aromatic carboxylic acids is 1. The van der Waals surface area contributed by atoms with E-state index in [1.54, 1.807) is 31.4 Å². The van der Waals surface area contributed by atoms with E-state index in [1.807, 2.05) is 12.1 Å². The molecule has 4 aromatic rings. The number of benzene rings is 1. The molecule has 1 aliphatic heterocycles. The molecule has 0 radical (unpaired) electrons. The summed E-state index contributed by atoms with van der Waals surface area (Å²) in [7, 11) is 3.11. The predicted octanol–water partition coefficient (Wildman–Crippen LogP) is 4.64. The molecular weight excluding hydrogens is 450 g/mol. The number of nitriles is 1. The van der Waals surface area contributed by atoms with Gasteiger partial charge >= 0.3 is 5.97 Å². The highest BCUT2D eigenvalue weighted by molar-refractivity contribution is 5.94. The molecule has 178 valence electrons. The van der Waals surface area contributed by atoms with E-state index in [0.29, 0.717) is 52.8 Å². The van der Waals surface area contributed by atoms with E-state index in [4.69, 9.17) is 18.6 Å². The summed E-state index contributed by atoms with van der Waals surface area (Å²) < 4.78 is 24.6. The Morgan fingerprint density at radius 1 is 1.20 bits per heavy atom. The summed E-state index contributed by atoms with van der Waals surface area (Å²) in [5.41, 5.74) is 3.64. The monoisotopic (exact) mass is 473 g/mol. The van der Waals surface area contributed by atoms with Crippen molar-refractivity contribution in [3.05, 3.63) is 53.9 Å². The van der Waals surface area contributed by atoms with E-state index in [2.05, 4.69) is 11.1 Å². The third-order valence-electron chi connectivity index (χ3n) is 6.16. The van der Waals surface area contributed by atoms with Crippen LogP contribution in [0.2, 0.25) is 0 Å². The number of carboxylic acids is 1. The van der Waals surface area contributed by atoms with Crippen LogP contribution in [0, 0.1) is 11.3 Å². The molecule has 1 fully saturated rings. The second-order valence-electron chi connectivity index (χ2n) is 8.25. The average Bonchev–Trinajstić information content (AvgIpc) is 3.45. The minimum absolute atomic E-state index is 0.0259. The normalized spacial score (nSPS) is 14.1. The quantitative estimate of drug-likeness (QED) is 0.430. The van der Waals surface area contributed by atoms with Crippen LogP contribution in [0.25, 0.3) is 33.7 Å². The van der Waals surface area contributed by atoms with Crippen molar-refractivity contribution in [2.75, 3.05) is 20.3 Å². The number of aromatic nitrogens is 2. The zero-order valence-corrected chi connectivity index (χ0v) is 19.3. The van der Waals surface area contributed by atoms with Crippen molar-refractivity contribution in [2.45, 2.75) is 18.9 Å². The van der Waals surface area contributed by atoms with E-state index >= 15 is 0 Å². The number of methoxy groups -OCH3 is 1. The number of carbonyl (C=O) groups is 1. The number of hydrogen-bond acceptors (Lipinski definition) is 7. The van der Waals surface area contributed by atoms with E-state index in [9.17, 15) is 15.2 Å². The molecule has 5 rings (SSSR count). The van der Waals surface area contributed by atoms with Gasteiger partial charge in [0.25, 0.3) is 0 Å². The Bertz CT molecular complexity index is 1460. The van der Waals surface area contributed by atoms with Gasteiger partial charge in [0.15, 0.2) is 11.3 Å². The van der Waals surface area contributed by atoms with Crippen molar-refractivity contribution in [1.82, 2.24) is 9.55 Å². The summed E-state index contributed by atoms with van der Waals surface area (Å²) in [6.07, 6.45) is 3.27. The Labute approximate surface area is 201 Å². The molecule has 0 unspecified atom stereocenters. The van der Waals surface area contributed by atoms with Crippen LogP contribution in [0.5, 0.6) is 11.5 Å². The van der Waals surface area contributed by atoms with Crippen molar-refractivity contribution in [2.24, 2.45) is 7.05 Å². The van der Waals surface area contributed by atoms with Gasteiger partial charge in [0.05, 0.1) is 25.9 Å². The molecule has 3 aromatic heterocycles. The van der Waals surface area contributed by atoms with Gasteiger partial charge < -0.3 is 28.3 Å². The smallest absolute Gasteiger partial charge is 0.352 e. The van der Waals surface area contributed by atoms with Crippen LogP contribution < -0.4 is 9.47 Å². The second-order valence-corrected chi connectivity index (χ2v) is 8.25.